The molecule has 4 N–H and O–H groups in total. The van der Waals surface area contributed by atoms with Crippen molar-refractivity contribution in [3.05, 3.63) is 59.0 Å². The van der Waals surface area contributed by atoms with E-state index in [1.807, 2.05) is 25.1 Å². The van der Waals surface area contributed by atoms with Crippen LogP contribution in [0.15, 0.2) is 51.2 Å². The van der Waals surface area contributed by atoms with E-state index in [-0.39, 0.29) is 5.96 Å². The number of rotatable bonds is 2. The van der Waals surface area contributed by atoms with E-state index in [9.17, 15) is 0 Å². The SMILES string of the molecule is Cc1coc2c1C(=NN=C(N)N)CC(c1ccccc1)C2. The fourth-order valence-electron chi connectivity index (χ4n) is 2.84. The largest absolute Gasteiger partial charge is 0.468 e. The third-order valence-corrected chi connectivity index (χ3v) is 3.77. The van der Waals surface area contributed by atoms with Gasteiger partial charge in [0.25, 0.3) is 0 Å². The Labute approximate surface area is 123 Å². The number of guanidine groups is 1. The zero-order chi connectivity index (χ0) is 14.8. The number of hydrogen-bond donors (Lipinski definition) is 2. The van der Waals surface area contributed by atoms with Crippen LogP contribution in [0.3, 0.4) is 0 Å². The van der Waals surface area contributed by atoms with Gasteiger partial charge in [-0.05, 0) is 30.4 Å². The predicted molar refractivity (Wildman–Crippen MR) is 83.3 cm³/mol. The standard InChI is InChI=1S/C16H18N4O/c1-10-9-21-14-8-12(11-5-3-2-4-6-11)7-13(15(10)14)19-20-16(17)18/h2-6,9,12H,7-8H2,1H3,(H4,17,18,20). The fourth-order valence-corrected chi connectivity index (χ4v) is 2.84. The number of nitrogens with zero attached hydrogens (tertiary/aromatic N) is 2. The van der Waals surface area contributed by atoms with Gasteiger partial charge in [0.15, 0.2) is 0 Å². The third-order valence-electron chi connectivity index (χ3n) is 3.77. The van der Waals surface area contributed by atoms with Crippen molar-refractivity contribution in [3.8, 4) is 0 Å². The third kappa shape index (κ3) is 2.67. The maximum absolute atomic E-state index is 5.68. The monoisotopic (exact) mass is 282 g/mol. The van der Waals surface area contributed by atoms with E-state index in [1.54, 1.807) is 6.26 Å². The summed E-state index contributed by atoms with van der Waals surface area (Å²) in [7, 11) is 0. The van der Waals surface area contributed by atoms with E-state index in [0.717, 1.165) is 35.4 Å². The Morgan fingerprint density at radius 3 is 2.67 bits per heavy atom. The fraction of sp³-hybridized carbons (Fsp3) is 0.250. The molecule has 5 heteroatoms. The Bertz CT molecular complexity index is 696. The Hall–Kier alpha value is -2.56. The maximum atomic E-state index is 5.68. The number of fused-ring (bicyclic) bond motifs is 1. The van der Waals surface area contributed by atoms with Gasteiger partial charge in [-0.3, -0.25) is 0 Å². The summed E-state index contributed by atoms with van der Waals surface area (Å²) in [6.07, 6.45) is 3.44. The van der Waals surface area contributed by atoms with Crippen molar-refractivity contribution in [3.63, 3.8) is 0 Å². The van der Waals surface area contributed by atoms with Crippen molar-refractivity contribution in [1.29, 1.82) is 0 Å². The van der Waals surface area contributed by atoms with Crippen molar-refractivity contribution in [1.82, 2.24) is 0 Å². The van der Waals surface area contributed by atoms with Crippen molar-refractivity contribution in [2.75, 3.05) is 0 Å². The highest BCUT2D eigenvalue weighted by Crippen LogP contribution is 2.35. The molecule has 1 aliphatic rings. The number of nitrogens with two attached hydrogens (primary N) is 2. The molecule has 3 rings (SSSR count). The quantitative estimate of drug-likeness (QED) is 0.503. The topological polar surface area (TPSA) is 89.9 Å². The van der Waals surface area contributed by atoms with E-state index in [4.69, 9.17) is 15.9 Å². The summed E-state index contributed by atoms with van der Waals surface area (Å²) in [5.41, 5.74) is 15.0. The van der Waals surface area contributed by atoms with Crippen molar-refractivity contribution in [2.24, 2.45) is 21.7 Å². The molecule has 0 radical (unpaired) electrons. The van der Waals surface area contributed by atoms with Gasteiger partial charge in [-0.15, -0.1) is 5.10 Å². The summed E-state index contributed by atoms with van der Waals surface area (Å²) in [6.45, 7) is 2.01. The molecule has 0 spiro atoms. The minimum Gasteiger partial charge on any atom is -0.468 e. The molecule has 0 bridgehead atoms. The van der Waals surface area contributed by atoms with E-state index in [0.29, 0.717) is 5.92 Å². The predicted octanol–water partition coefficient (Wildman–Crippen LogP) is 2.30. The van der Waals surface area contributed by atoms with Crippen LogP contribution in [-0.4, -0.2) is 11.7 Å². The lowest BCUT2D eigenvalue weighted by atomic mass is 9.81. The minimum absolute atomic E-state index is 0.0352. The first-order valence-corrected chi connectivity index (χ1v) is 6.93. The molecule has 5 nitrogen and oxygen atoms in total. The summed E-state index contributed by atoms with van der Waals surface area (Å²) in [6, 6.07) is 10.4. The molecule has 0 saturated carbocycles. The molecule has 0 aliphatic heterocycles. The molecule has 0 saturated heterocycles. The van der Waals surface area contributed by atoms with E-state index in [2.05, 4.69) is 22.3 Å². The summed E-state index contributed by atoms with van der Waals surface area (Å²) in [5.74, 6) is 1.25. The summed E-state index contributed by atoms with van der Waals surface area (Å²) in [4.78, 5) is 0. The molecule has 1 aromatic carbocycles. The molecule has 0 fully saturated rings. The minimum atomic E-state index is -0.0352. The molecule has 21 heavy (non-hydrogen) atoms. The lowest BCUT2D eigenvalue weighted by Gasteiger charge is -2.23. The highest BCUT2D eigenvalue weighted by molar-refractivity contribution is 6.04. The van der Waals surface area contributed by atoms with Crippen molar-refractivity contribution in [2.45, 2.75) is 25.7 Å². The van der Waals surface area contributed by atoms with Crippen LogP contribution in [0, 0.1) is 6.92 Å². The van der Waals surface area contributed by atoms with Gasteiger partial charge in [0.2, 0.25) is 5.96 Å². The second-order valence-corrected chi connectivity index (χ2v) is 5.30. The molecular weight excluding hydrogens is 264 g/mol. The van der Waals surface area contributed by atoms with Gasteiger partial charge in [-0.2, -0.15) is 5.10 Å². The number of hydrogen-bond acceptors (Lipinski definition) is 3. The number of benzene rings is 1. The van der Waals surface area contributed by atoms with Crippen LogP contribution in [0.4, 0.5) is 0 Å². The Balaban J connectivity index is 2.01. The smallest absolute Gasteiger partial charge is 0.211 e. The van der Waals surface area contributed by atoms with E-state index < -0.39 is 0 Å². The molecule has 1 atom stereocenters. The first-order valence-electron chi connectivity index (χ1n) is 6.93. The molecule has 1 heterocycles. The first kappa shape index (κ1) is 13.4. The zero-order valence-electron chi connectivity index (χ0n) is 11.9. The van der Waals surface area contributed by atoms with Crippen LogP contribution >= 0.6 is 0 Å². The number of aryl methyl sites for hydroxylation is 1. The van der Waals surface area contributed by atoms with Gasteiger partial charge in [-0.1, -0.05) is 30.3 Å². The summed E-state index contributed by atoms with van der Waals surface area (Å²) < 4.78 is 5.68. The zero-order valence-corrected chi connectivity index (χ0v) is 11.9. The molecule has 1 unspecified atom stereocenters. The van der Waals surface area contributed by atoms with Gasteiger partial charge in [-0.25, -0.2) is 0 Å². The Morgan fingerprint density at radius 2 is 1.95 bits per heavy atom. The molecule has 0 amide bonds. The second kappa shape index (κ2) is 5.44. The Kier molecular flexibility index (Phi) is 3.48. The normalized spacial score (nSPS) is 19.3. The average Bonchev–Trinajstić information content (AvgIpc) is 2.87. The van der Waals surface area contributed by atoms with Gasteiger partial charge in [0.05, 0.1) is 12.0 Å². The van der Waals surface area contributed by atoms with Crippen LogP contribution < -0.4 is 11.5 Å². The van der Waals surface area contributed by atoms with Crippen LogP contribution in [-0.2, 0) is 6.42 Å². The first-order chi connectivity index (χ1) is 10.1. The Morgan fingerprint density at radius 1 is 1.19 bits per heavy atom. The highest BCUT2D eigenvalue weighted by atomic mass is 16.3. The lowest BCUT2D eigenvalue weighted by molar-refractivity contribution is 0.480. The summed E-state index contributed by atoms with van der Waals surface area (Å²) in [5, 5.41) is 8.04. The van der Waals surface area contributed by atoms with E-state index in [1.165, 1.54) is 5.56 Å². The molecule has 1 aromatic heterocycles. The van der Waals surface area contributed by atoms with E-state index >= 15 is 0 Å². The maximum Gasteiger partial charge on any atom is 0.211 e. The molecule has 2 aromatic rings. The van der Waals surface area contributed by atoms with Gasteiger partial charge < -0.3 is 15.9 Å². The van der Waals surface area contributed by atoms with Crippen LogP contribution in [0.5, 0.6) is 0 Å². The average molecular weight is 282 g/mol. The summed E-state index contributed by atoms with van der Waals surface area (Å²) >= 11 is 0. The van der Waals surface area contributed by atoms with Crippen LogP contribution in [0.1, 0.15) is 34.8 Å². The lowest BCUT2D eigenvalue weighted by Crippen LogP contribution is -2.23. The molecule has 1 aliphatic carbocycles. The second-order valence-electron chi connectivity index (χ2n) is 5.30. The molecule has 108 valence electrons. The molecular formula is C16H18N4O. The van der Waals surface area contributed by atoms with Gasteiger partial charge in [0.1, 0.15) is 5.76 Å². The van der Waals surface area contributed by atoms with Gasteiger partial charge >= 0.3 is 0 Å². The van der Waals surface area contributed by atoms with Crippen LogP contribution in [0.2, 0.25) is 0 Å². The van der Waals surface area contributed by atoms with Gasteiger partial charge in [0, 0.05) is 12.0 Å². The van der Waals surface area contributed by atoms with Crippen molar-refractivity contribution < 1.29 is 4.42 Å². The highest BCUT2D eigenvalue weighted by Gasteiger charge is 2.29. The van der Waals surface area contributed by atoms with Crippen molar-refractivity contribution >= 4 is 11.7 Å². The number of furan rings is 1. The van der Waals surface area contributed by atoms with Crippen LogP contribution in [0.25, 0.3) is 0 Å².